The quantitative estimate of drug-likeness (QED) is 0.414. The molecule has 8 nitrogen and oxygen atoms in total. The van der Waals surface area contributed by atoms with E-state index >= 15 is 0 Å². The van der Waals surface area contributed by atoms with Gasteiger partial charge in [-0.2, -0.15) is 0 Å². The van der Waals surface area contributed by atoms with Crippen LogP contribution in [-0.2, 0) is 27.8 Å². The molecule has 3 aliphatic heterocycles. The van der Waals surface area contributed by atoms with Crippen LogP contribution in [0.5, 0.6) is 5.75 Å². The van der Waals surface area contributed by atoms with Gasteiger partial charge in [-0.25, -0.2) is 13.1 Å². The molecule has 2 aromatic carbocycles. The van der Waals surface area contributed by atoms with Crippen LogP contribution >= 0.6 is 11.6 Å². The summed E-state index contributed by atoms with van der Waals surface area (Å²) in [4.78, 5) is 15.7. The van der Waals surface area contributed by atoms with Gasteiger partial charge < -0.3 is 19.5 Å². The zero-order valence-corrected chi connectivity index (χ0v) is 25.4. The molecule has 6 atom stereocenters. The summed E-state index contributed by atoms with van der Waals surface area (Å²) in [6, 6.07) is 11.0. The molecule has 10 heteroatoms. The minimum atomic E-state index is -4.02. The summed E-state index contributed by atoms with van der Waals surface area (Å²) in [6.07, 6.45) is 7.84. The molecule has 6 rings (SSSR count). The highest BCUT2D eigenvalue weighted by Crippen LogP contribution is 2.41. The highest BCUT2D eigenvalue weighted by Gasteiger charge is 2.42. The number of ether oxygens (including phenoxy) is 2. The Kier molecular flexibility index (Phi) is 8.56. The summed E-state index contributed by atoms with van der Waals surface area (Å²) in [6.45, 7) is 4.06. The van der Waals surface area contributed by atoms with Crippen molar-refractivity contribution in [1.29, 1.82) is 0 Å². The lowest BCUT2D eigenvalue weighted by Crippen LogP contribution is -2.44. The van der Waals surface area contributed by atoms with Crippen molar-refractivity contribution in [3.63, 3.8) is 0 Å². The number of aliphatic hydroxyl groups is 1. The Labute approximate surface area is 253 Å². The molecule has 42 heavy (non-hydrogen) atoms. The first-order chi connectivity index (χ1) is 20.2. The summed E-state index contributed by atoms with van der Waals surface area (Å²) in [5, 5.41) is 11.0. The van der Waals surface area contributed by atoms with Crippen LogP contribution in [0.4, 0.5) is 5.69 Å². The average Bonchev–Trinajstić information content (AvgIpc) is 3.44. The number of sulfonamides is 1. The van der Waals surface area contributed by atoms with Crippen LogP contribution in [0.2, 0.25) is 5.02 Å². The Morgan fingerprint density at radius 1 is 1.02 bits per heavy atom. The second-order valence-corrected chi connectivity index (χ2v) is 14.6. The lowest BCUT2D eigenvalue weighted by Gasteiger charge is -2.42. The Morgan fingerprint density at radius 3 is 2.69 bits per heavy atom. The molecule has 2 bridgehead atoms. The molecule has 1 aliphatic carbocycles. The Bertz CT molecular complexity index is 1460. The van der Waals surface area contributed by atoms with Gasteiger partial charge in [0, 0.05) is 29.6 Å². The largest absolute Gasteiger partial charge is 0.487 e. The third-order valence-electron chi connectivity index (χ3n) is 9.60. The average molecular weight is 615 g/mol. The number of aryl methyl sites for hydroxylation is 1. The predicted molar refractivity (Wildman–Crippen MR) is 162 cm³/mol. The van der Waals surface area contributed by atoms with Crippen LogP contribution in [0.1, 0.15) is 54.1 Å². The van der Waals surface area contributed by atoms with E-state index in [2.05, 4.69) is 9.62 Å². The molecule has 2 N–H and O–H groups in total. The maximum Gasteiger partial charge on any atom is 0.264 e. The third-order valence-corrected chi connectivity index (χ3v) is 11.6. The normalized spacial score (nSPS) is 32.1. The summed E-state index contributed by atoms with van der Waals surface area (Å²) >= 11 is 6.30. The summed E-state index contributed by atoms with van der Waals surface area (Å²) in [5.74, 6) is -0.0998. The van der Waals surface area contributed by atoms with Gasteiger partial charge in [-0.1, -0.05) is 36.7 Å². The number of fused-ring (bicyclic) bond motifs is 4. The minimum Gasteiger partial charge on any atom is -0.487 e. The molecule has 226 valence electrons. The Morgan fingerprint density at radius 2 is 1.88 bits per heavy atom. The van der Waals surface area contributed by atoms with Crippen molar-refractivity contribution in [1.82, 2.24) is 4.72 Å². The summed E-state index contributed by atoms with van der Waals surface area (Å²) < 4.78 is 41.2. The number of rotatable bonds is 0. The van der Waals surface area contributed by atoms with Crippen molar-refractivity contribution in [2.24, 2.45) is 23.7 Å². The first-order valence-electron chi connectivity index (χ1n) is 15.0. The number of carbonyl (C=O) groups excluding carboxylic acids is 1. The second-order valence-electron chi connectivity index (χ2n) is 12.2. The fourth-order valence-corrected chi connectivity index (χ4v) is 8.62. The van der Waals surface area contributed by atoms with Crippen molar-refractivity contribution in [3.8, 4) is 5.75 Å². The van der Waals surface area contributed by atoms with Gasteiger partial charge in [0.05, 0.1) is 25.0 Å². The molecule has 0 spiro atoms. The minimum absolute atomic E-state index is 0.0250. The first-order valence-corrected chi connectivity index (χ1v) is 16.9. The van der Waals surface area contributed by atoms with E-state index in [4.69, 9.17) is 21.1 Å². The van der Waals surface area contributed by atoms with Crippen LogP contribution in [0.15, 0.2) is 48.6 Å². The molecule has 1 saturated heterocycles. The predicted octanol–water partition coefficient (Wildman–Crippen LogP) is 4.73. The highest BCUT2D eigenvalue weighted by atomic mass is 35.5. The van der Waals surface area contributed by atoms with Gasteiger partial charge in [-0.15, -0.1) is 0 Å². The molecular formula is C32H39ClN2O6S. The molecule has 2 fully saturated rings. The van der Waals surface area contributed by atoms with E-state index in [0.717, 1.165) is 49.9 Å². The van der Waals surface area contributed by atoms with Gasteiger partial charge in [-0.05, 0) is 91.3 Å². The molecular weight excluding hydrogens is 576 g/mol. The smallest absolute Gasteiger partial charge is 0.264 e. The highest BCUT2D eigenvalue weighted by molar-refractivity contribution is 7.90. The van der Waals surface area contributed by atoms with Gasteiger partial charge >= 0.3 is 0 Å². The molecule has 0 aromatic heterocycles. The number of benzene rings is 2. The van der Waals surface area contributed by atoms with E-state index in [1.165, 1.54) is 5.56 Å². The van der Waals surface area contributed by atoms with Crippen molar-refractivity contribution in [3.05, 3.63) is 70.3 Å². The number of carbonyl (C=O) groups is 1. The second kappa shape index (κ2) is 12.2. The topological polar surface area (TPSA) is 105 Å². The Hall–Kier alpha value is -2.59. The molecule has 1 amide bonds. The monoisotopic (exact) mass is 614 g/mol. The summed E-state index contributed by atoms with van der Waals surface area (Å²) in [7, 11) is -4.02. The third kappa shape index (κ3) is 6.07. The van der Waals surface area contributed by atoms with Gasteiger partial charge in [0.1, 0.15) is 17.6 Å². The Balaban J connectivity index is 1.39. The van der Waals surface area contributed by atoms with Crippen molar-refractivity contribution in [2.45, 2.75) is 57.0 Å². The van der Waals surface area contributed by atoms with Crippen LogP contribution in [0, 0.1) is 23.7 Å². The van der Waals surface area contributed by atoms with E-state index < -0.39 is 27.3 Å². The van der Waals surface area contributed by atoms with Crippen molar-refractivity contribution in [2.75, 3.05) is 31.2 Å². The molecule has 3 heterocycles. The van der Waals surface area contributed by atoms with Crippen LogP contribution < -0.4 is 14.4 Å². The number of halogens is 1. The number of hydrogen-bond acceptors (Lipinski definition) is 7. The van der Waals surface area contributed by atoms with E-state index in [1.807, 2.05) is 37.3 Å². The summed E-state index contributed by atoms with van der Waals surface area (Å²) in [5.41, 5.74) is 3.25. The lowest BCUT2D eigenvalue weighted by atomic mass is 9.70. The zero-order chi connectivity index (χ0) is 29.4. The number of allylic oxidation sites excluding steroid dienone is 1. The van der Waals surface area contributed by atoms with E-state index in [0.29, 0.717) is 23.9 Å². The molecule has 0 radical (unpaired) electrons. The number of aliphatic hydroxyl groups excluding tert-OH is 1. The van der Waals surface area contributed by atoms with E-state index in [-0.39, 0.29) is 42.4 Å². The fraction of sp³-hybridized carbons (Fsp3) is 0.531. The molecule has 0 unspecified atom stereocenters. The van der Waals surface area contributed by atoms with Crippen molar-refractivity contribution >= 4 is 33.2 Å². The number of nitrogens with one attached hydrogen (secondary N) is 1. The number of nitrogens with zero attached hydrogens (tertiary/aromatic N) is 1. The maximum atomic E-state index is 13.4. The van der Waals surface area contributed by atoms with Crippen LogP contribution in [0.25, 0.3) is 0 Å². The van der Waals surface area contributed by atoms with E-state index in [9.17, 15) is 18.3 Å². The molecule has 1 saturated carbocycles. The van der Waals surface area contributed by atoms with Crippen LogP contribution in [0.3, 0.4) is 0 Å². The van der Waals surface area contributed by atoms with E-state index in [1.54, 1.807) is 18.2 Å². The standard InChI is InChI=1S/C32H39ClN2O6S/c1-20-5-11-29(36)26-10-7-23(26)16-35-13-3-2-4-21-14-25(33)9-6-24(21)17-41-30-12-8-22(15-28(30)35)32(37)34-42(38,39)31-19-40-18-27(20)31/h5-6,8-9,11-12,14-15,20,23,26-27,29,31,36H,2-4,7,10,13,16-19H2,1H3,(H,34,37)/b11-5+/t20-,23-,26+,27-,29-,31+/m0/s1. The number of amides is 1. The van der Waals surface area contributed by atoms with Crippen molar-refractivity contribution < 1.29 is 27.8 Å². The fourth-order valence-electron chi connectivity index (χ4n) is 6.83. The SMILES string of the molecule is C[C@H]1/C=C/[C@H](O)[C@@H]2CC[C@H]2CN2CCCCc3cc(Cl)ccc3COc3ccc(cc32)C(=O)NS(=O)(=O)[C@@H]2COC[C@H]21. The number of anilines is 1. The van der Waals surface area contributed by atoms with Gasteiger partial charge in [0.2, 0.25) is 10.0 Å². The van der Waals surface area contributed by atoms with Crippen LogP contribution in [-0.4, -0.2) is 57.1 Å². The van der Waals surface area contributed by atoms with Gasteiger partial charge in [0.25, 0.3) is 5.91 Å². The van der Waals surface area contributed by atoms with Gasteiger partial charge in [-0.3, -0.25) is 4.79 Å². The zero-order valence-electron chi connectivity index (χ0n) is 23.9. The lowest BCUT2D eigenvalue weighted by molar-refractivity contribution is 0.0458. The number of hydrogen-bond donors (Lipinski definition) is 2. The molecule has 4 aliphatic rings. The first kappa shape index (κ1) is 29.5. The van der Waals surface area contributed by atoms with Gasteiger partial charge in [0.15, 0.2) is 0 Å². The maximum absolute atomic E-state index is 13.4. The molecule has 2 aromatic rings.